The number of allylic oxidation sites excluding steroid dienone is 2. The number of hydrogen-bond donors (Lipinski definition) is 0. The minimum Gasteiger partial charge on any atom is -0.0998 e. The lowest BCUT2D eigenvalue weighted by atomic mass is 9.92. The molecule has 0 saturated carbocycles. The van der Waals surface area contributed by atoms with E-state index < -0.39 is 0 Å². The summed E-state index contributed by atoms with van der Waals surface area (Å²) in [7, 11) is 0. The van der Waals surface area contributed by atoms with Crippen LogP contribution in [0.25, 0.3) is 0 Å². The third-order valence-corrected chi connectivity index (χ3v) is 3.75. The average Bonchev–Trinajstić information content (AvgIpc) is 2.33. The lowest BCUT2D eigenvalue weighted by molar-refractivity contribution is 0.511. The van der Waals surface area contributed by atoms with Gasteiger partial charge in [-0.2, -0.15) is 0 Å². The third kappa shape index (κ3) is 9.50. The molecule has 0 heterocycles. The molecule has 0 aliphatic rings. The Balaban J connectivity index is 3.68. The van der Waals surface area contributed by atoms with Crippen molar-refractivity contribution in [3.8, 4) is 0 Å². The van der Waals surface area contributed by atoms with Gasteiger partial charge in [-0.1, -0.05) is 71.3 Å². The Morgan fingerprint density at radius 3 is 2.28 bits per heavy atom. The van der Waals surface area contributed by atoms with Gasteiger partial charge in [0, 0.05) is 0 Å². The number of hydrogen-bond acceptors (Lipinski definition) is 0. The van der Waals surface area contributed by atoms with Crippen LogP contribution in [-0.2, 0) is 0 Å². The van der Waals surface area contributed by atoms with Gasteiger partial charge in [0.05, 0.1) is 0 Å². The summed E-state index contributed by atoms with van der Waals surface area (Å²) in [6.07, 6.45) is 10.7. The first-order valence-electron chi connectivity index (χ1n) is 7.67. The Kier molecular flexibility index (Phi) is 10.1. The zero-order valence-electron chi connectivity index (χ0n) is 13.1. The van der Waals surface area contributed by atoms with Crippen LogP contribution in [0, 0.1) is 18.3 Å². The Morgan fingerprint density at radius 1 is 1.06 bits per heavy atom. The van der Waals surface area contributed by atoms with Crippen LogP contribution in [-0.4, -0.2) is 0 Å². The molecule has 0 saturated heterocycles. The first kappa shape index (κ1) is 17.5. The van der Waals surface area contributed by atoms with E-state index in [1.54, 1.807) is 0 Å². The average molecular weight is 249 g/mol. The second-order valence-corrected chi connectivity index (χ2v) is 5.97. The molecule has 0 aromatic rings. The van der Waals surface area contributed by atoms with Gasteiger partial charge in [0.1, 0.15) is 0 Å². The monoisotopic (exact) mass is 249 g/mol. The molecule has 18 heavy (non-hydrogen) atoms. The standard InChI is InChI=1S/C18H33/c1-7-9-17(5)14-18(6)13-12-16(4)11-10-15(3)8-2/h12,15,17H,4,6-11,13-14H2,1-3,5H3. The molecular weight excluding hydrogens is 216 g/mol. The zero-order valence-corrected chi connectivity index (χ0v) is 13.1. The van der Waals surface area contributed by atoms with Gasteiger partial charge in [0.15, 0.2) is 0 Å². The van der Waals surface area contributed by atoms with Gasteiger partial charge in [-0.25, -0.2) is 0 Å². The van der Waals surface area contributed by atoms with Gasteiger partial charge in [-0.15, -0.1) is 0 Å². The molecule has 1 radical (unpaired) electrons. The molecule has 2 unspecified atom stereocenters. The van der Waals surface area contributed by atoms with Gasteiger partial charge in [0.2, 0.25) is 0 Å². The third-order valence-electron chi connectivity index (χ3n) is 3.75. The molecule has 105 valence electrons. The summed E-state index contributed by atoms with van der Waals surface area (Å²) in [5.74, 6) is 1.60. The van der Waals surface area contributed by atoms with E-state index in [0.717, 1.165) is 24.7 Å². The van der Waals surface area contributed by atoms with Crippen molar-refractivity contribution >= 4 is 0 Å². The van der Waals surface area contributed by atoms with Crippen LogP contribution in [0.1, 0.15) is 72.6 Å². The van der Waals surface area contributed by atoms with Gasteiger partial charge in [-0.05, 0) is 43.9 Å². The highest BCUT2D eigenvalue weighted by atomic mass is 14.1. The molecule has 2 atom stereocenters. The molecule has 0 heteroatoms. The Morgan fingerprint density at radius 2 is 1.72 bits per heavy atom. The molecule has 0 rings (SSSR count). The molecule has 0 N–H and O–H groups in total. The maximum atomic E-state index is 4.19. The first-order chi connectivity index (χ1) is 8.49. The molecule has 0 bridgehead atoms. The summed E-state index contributed by atoms with van der Waals surface area (Å²) >= 11 is 0. The molecule has 0 aromatic carbocycles. The van der Waals surface area contributed by atoms with E-state index in [9.17, 15) is 0 Å². The predicted molar refractivity (Wildman–Crippen MR) is 84.6 cm³/mol. The fourth-order valence-corrected chi connectivity index (χ4v) is 2.20. The zero-order chi connectivity index (χ0) is 14.0. The van der Waals surface area contributed by atoms with Crippen LogP contribution >= 0.6 is 0 Å². The van der Waals surface area contributed by atoms with Crippen molar-refractivity contribution in [2.24, 2.45) is 11.8 Å². The molecule has 0 fully saturated rings. The first-order valence-corrected chi connectivity index (χ1v) is 7.67. The van der Waals surface area contributed by atoms with Crippen molar-refractivity contribution < 1.29 is 0 Å². The summed E-state index contributed by atoms with van der Waals surface area (Å²) in [5, 5.41) is 0. The van der Waals surface area contributed by atoms with E-state index in [4.69, 9.17) is 0 Å². The maximum absolute atomic E-state index is 4.19. The van der Waals surface area contributed by atoms with Crippen LogP contribution in [0.5, 0.6) is 0 Å². The molecule has 0 aliphatic heterocycles. The van der Waals surface area contributed by atoms with Crippen molar-refractivity contribution in [1.82, 2.24) is 0 Å². The summed E-state index contributed by atoms with van der Waals surface area (Å²) < 4.78 is 0. The fourth-order valence-electron chi connectivity index (χ4n) is 2.20. The smallest absolute Gasteiger partial charge is 0.0100 e. The second-order valence-electron chi connectivity index (χ2n) is 5.97. The highest BCUT2D eigenvalue weighted by molar-refractivity contribution is 5.14. The highest BCUT2D eigenvalue weighted by Crippen LogP contribution is 2.22. The fraction of sp³-hybridized carbons (Fsp3) is 0.722. The van der Waals surface area contributed by atoms with Crippen molar-refractivity contribution in [2.75, 3.05) is 0 Å². The van der Waals surface area contributed by atoms with Crippen LogP contribution < -0.4 is 0 Å². The van der Waals surface area contributed by atoms with E-state index in [1.165, 1.54) is 43.3 Å². The number of rotatable bonds is 11. The Labute approximate surface area is 116 Å². The maximum Gasteiger partial charge on any atom is -0.0100 e. The largest absolute Gasteiger partial charge is 0.0998 e. The normalized spacial score (nSPS) is 14.2. The van der Waals surface area contributed by atoms with E-state index in [1.807, 2.05) is 0 Å². The van der Waals surface area contributed by atoms with Gasteiger partial charge in [0.25, 0.3) is 0 Å². The Bertz CT molecular complexity index is 236. The van der Waals surface area contributed by atoms with Gasteiger partial charge >= 0.3 is 0 Å². The predicted octanol–water partition coefficient (Wildman–Crippen LogP) is 6.35. The molecule has 0 aromatic heterocycles. The summed E-state index contributed by atoms with van der Waals surface area (Å²) in [6, 6.07) is 0. The lowest BCUT2D eigenvalue weighted by Crippen LogP contribution is -1.98. The summed E-state index contributed by atoms with van der Waals surface area (Å²) in [5.41, 5.74) is 2.65. The van der Waals surface area contributed by atoms with E-state index in [0.29, 0.717) is 0 Å². The van der Waals surface area contributed by atoms with Crippen molar-refractivity contribution in [1.29, 1.82) is 0 Å². The van der Waals surface area contributed by atoms with Crippen LogP contribution in [0.2, 0.25) is 0 Å². The Hall–Kier alpha value is -0.520. The summed E-state index contributed by atoms with van der Waals surface area (Å²) in [6.45, 7) is 17.5. The van der Waals surface area contributed by atoms with E-state index in [-0.39, 0.29) is 0 Å². The molecule has 0 aliphatic carbocycles. The molecular formula is C18H33. The second kappa shape index (κ2) is 10.4. The van der Waals surface area contributed by atoms with Gasteiger partial charge in [-0.3, -0.25) is 0 Å². The lowest BCUT2D eigenvalue weighted by Gasteiger charge is -2.13. The molecule has 0 spiro atoms. The minimum atomic E-state index is 0.782. The minimum absolute atomic E-state index is 0.782. The van der Waals surface area contributed by atoms with Gasteiger partial charge < -0.3 is 0 Å². The highest BCUT2D eigenvalue weighted by Gasteiger charge is 2.05. The van der Waals surface area contributed by atoms with Crippen LogP contribution in [0.4, 0.5) is 0 Å². The molecule has 0 nitrogen and oxygen atoms in total. The van der Waals surface area contributed by atoms with Crippen LogP contribution in [0.3, 0.4) is 0 Å². The van der Waals surface area contributed by atoms with Crippen molar-refractivity contribution in [3.05, 3.63) is 30.7 Å². The van der Waals surface area contributed by atoms with Crippen LogP contribution in [0.15, 0.2) is 24.3 Å². The SMILES string of the molecule is C=C([CH]CC(=C)CC(C)CCC)CCC(C)CC. The quantitative estimate of drug-likeness (QED) is 0.374. The van der Waals surface area contributed by atoms with E-state index >= 15 is 0 Å². The van der Waals surface area contributed by atoms with Crippen molar-refractivity contribution in [3.63, 3.8) is 0 Å². The van der Waals surface area contributed by atoms with E-state index in [2.05, 4.69) is 47.3 Å². The van der Waals surface area contributed by atoms with Crippen molar-refractivity contribution in [2.45, 2.75) is 72.6 Å². The summed E-state index contributed by atoms with van der Waals surface area (Å²) in [4.78, 5) is 0. The topological polar surface area (TPSA) is 0 Å². The molecule has 0 amide bonds.